The molecule has 2 heterocycles. The molecule has 0 aliphatic carbocycles. The Morgan fingerprint density at radius 1 is 1.07 bits per heavy atom. The van der Waals surface area contributed by atoms with Crippen molar-refractivity contribution in [3.8, 4) is 0 Å². The highest BCUT2D eigenvalue weighted by Crippen LogP contribution is 2.12. The van der Waals surface area contributed by atoms with Crippen molar-refractivity contribution in [2.24, 2.45) is 0 Å². The summed E-state index contributed by atoms with van der Waals surface area (Å²) in [5.74, 6) is 1.52. The number of rotatable bonds is 3. The number of hydrogen-bond acceptors (Lipinski definition) is 4. The highest BCUT2D eigenvalue weighted by atomic mass is 16.4. The maximum Gasteiger partial charge on any atom is 0.230 e. The van der Waals surface area contributed by atoms with Crippen molar-refractivity contribution in [1.29, 1.82) is 0 Å². The Bertz CT molecular complexity index is 290. The van der Waals surface area contributed by atoms with Crippen molar-refractivity contribution in [2.75, 3.05) is 13.1 Å². The Morgan fingerprint density at radius 3 is 2.33 bits per heavy atom. The summed E-state index contributed by atoms with van der Waals surface area (Å²) in [6, 6.07) is 0. The van der Waals surface area contributed by atoms with Crippen LogP contribution in [-0.4, -0.2) is 28.2 Å². The lowest BCUT2D eigenvalue weighted by Crippen LogP contribution is -2.24. The lowest BCUT2D eigenvalue weighted by molar-refractivity contribution is 0.245. The first-order chi connectivity index (χ1) is 7.38. The van der Waals surface area contributed by atoms with Gasteiger partial charge in [0.1, 0.15) is 0 Å². The minimum atomic E-state index is 0.750. The van der Waals surface area contributed by atoms with Gasteiger partial charge in [-0.1, -0.05) is 19.8 Å². The van der Waals surface area contributed by atoms with E-state index in [0.717, 1.165) is 24.7 Å². The molecule has 0 radical (unpaired) electrons. The maximum atomic E-state index is 5.51. The van der Waals surface area contributed by atoms with Crippen molar-refractivity contribution in [1.82, 2.24) is 15.1 Å². The fourth-order valence-corrected chi connectivity index (χ4v) is 1.98. The molecule has 1 fully saturated rings. The molecule has 1 aromatic rings. The normalized spacial score (nSPS) is 19.0. The fraction of sp³-hybridized carbons (Fsp3) is 0.818. The van der Waals surface area contributed by atoms with Gasteiger partial charge in [0.15, 0.2) is 0 Å². The van der Waals surface area contributed by atoms with E-state index in [-0.39, 0.29) is 0 Å². The molecule has 0 bridgehead atoms. The Hall–Kier alpha value is -0.900. The van der Waals surface area contributed by atoms with Gasteiger partial charge in [-0.3, -0.25) is 4.90 Å². The average molecular weight is 209 g/mol. The second-order valence-corrected chi connectivity index (χ2v) is 4.13. The van der Waals surface area contributed by atoms with E-state index in [4.69, 9.17) is 4.42 Å². The third kappa shape index (κ3) is 3.02. The van der Waals surface area contributed by atoms with Gasteiger partial charge in [0, 0.05) is 6.42 Å². The third-order valence-electron chi connectivity index (χ3n) is 2.87. The lowest BCUT2D eigenvalue weighted by Gasteiger charge is -2.16. The second-order valence-electron chi connectivity index (χ2n) is 4.13. The summed E-state index contributed by atoms with van der Waals surface area (Å²) >= 11 is 0. The zero-order valence-corrected chi connectivity index (χ0v) is 9.41. The minimum absolute atomic E-state index is 0.750. The highest BCUT2D eigenvalue weighted by Gasteiger charge is 2.12. The predicted octanol–water partition coefficient (Wildman–Crippen LogP) is 2.01. The first kappa shape index (κ1) is 10.6. The summed E-state index contributed by atoms with van der Waals surface area (Å²) in [6.45, 7) is 5.20. The predicted molar refractivity (Wildman–Crippen MR) is 57.4 cm³/mol. The van der Waals surface area contributed by atoms with Gasteiger partial charge < -0.3 is 4.42 Å². The first-order valence-electron chi connectivity index (χ1n) is 5.92. The molecule has 2 rings (SSSR count). The molecule has 1 saturated heterocycles. The number of aromatic nitrogens is 2. The molecule has 1 aromatic heterocycles. The molecule has 15 heavy (non-hydrogen) atoms. The van der Waals surface area contributed by atoms with Crippen molar-refractivity contribution in [2.45, 2.75) is 45.6 Å². The topological polar surface area (TPSA) is 42.2 Å². The summed E-state index contributed by atoms with van der Waals surface area (Å²) in [6.07, 6.45) is 6.15. The van der Waals surface area contributed by atoms with Gasteiger partial charge in [-0.05, 0) is 25.9 Å². The monoisotopic (exact) mass is 209 g/mol. The summed E-state index contributed by atoms with van der Waals surface area (Å²) in [7, 11) is 0. The smallest absolute Gasteiger partial charge is 0.230 e. The molecule has 1 aliphatic heterocycles. The van der Waals surface area contributed by atoms with E-state index >= 15 is 0 Å². The molecule has 0 aromatic carbocycles. The zero-order valence-electron chi connectivity index (χ0n) is 9.41. The van der Waals surface area contributed by atoms with Crippen LogP contribution in [0.1, 0.15) is 44.4 Å². The van der Waals surface area contributed by atoms with Gasteiger partial charge in [-0.25, -0.2) is 0 Å². The SMILES string of the molecule is CCc1nnc(CN2CCCCCC2)o1. The molecular formula is C11H19N3O. The van der Waals surface area contributed by atoms with Crippen molar-refractivity contribution < 1.29 is 4.42 Å². The Balaban J connectivity index is 1.89. The molecular weight excluding hydrogens is 190 g/mol. The molecule has 84 valence electrons. The van der Waals surface area contributed by atoms with Crippen LogP contribution in [0.5, 0.6) is 0 Å². The maximum absolute atomic E-state index is 5.51. The minimum Gasteiger partial charge on any atom is -0.424 e. The fourth-order valence-electron chi connectivity index (χ4n) is 1.98. The van der Waals surface area contributed by atoms with Gasteiger partial charge in [-0.15, -0.1) is 10.2 Å². The van der Waals surface area contributed by atoms with E-state index in [1.165, 1.54) is 38.8 Å². The van der Waals surface area contributed by atoms with Crippen LogP contribution in [-0.2, 0) is 13.0 Å². The van der Waals surface area contributed by atoms with Crippen LogP contribution in [0.2, 0.25) is 0 Å². The molecule has 4 heteroatoms. The quantitative estimate of drug-likeness (QED) is 0.763. The van der Waals surface area contributed by atoms with Gasteiger partial charge in [-0.2, -0.15) is 0 Å². The van der Waals surface area contributed by atoms with Gasteiger partial charge >= 0.3 is 0 Å². The summed E-state index contributed by atoms with van der Waals surface area (Å²) in [4.78, 5) is 2.42. The number of hydrogen-bond donors (Lipinski definition) is 0. The summed E-state index contributed by atoms with van der Waals surface area (Å²) < 4.78 is 5.51. The van der Waals surface area contributed by atoms with Crippen LogP contribution in [0.25, 0.3) is 0 Å². The number of aryl methyl sites for hydroxylation is 1. The standard InChI is InChI=1S/C11H19N3O/c1-2-10-12-13-11(15-10)9-14-7-5-3-4-6-8-14/h2-9H2,1H3. The van der Waals surface area contributed by atoms with Gasteiger partial charge in [0.25, 0.3) is 0 Å². The number of nitrogens with zero attached hydrogens (tertiary/aromatic N) is 3. The second kappa shape index (κ2) is 5.26. The first-order valence-corrected chi connectivity index (χ1v) is 5.92. The van der Waals surface area contributed by atoms with Crippen LogP contribution in [0.15, 0.2) is 4.42 Å². The number of likely N-dealkylation sites (tertiary alicyclic amines) is 1. The van der Waals surface area contributed by atoms with E-state index in [9.17, 15) is 0 Å². The van der Waals surface area contributed by atoms with Crippen LogP contribution in [0.3, 0.4) is 0 Å². The van der Waals surface area contributed by atoms with Crippen LogP contribution < -0.4 is 0 Å². The molecule has 0 atom stereocenters. The molecule has 4 nitrogen and oxygen atoms in total. The molecule has 0 saturated carbocycles. The van der Waals surface area contributed by atoms with E-state index in [1.54, 1.807) is 0 Å². The van der Waals surface area contributed by atoms with E-state index in [0.29, 0.717) is 0 Å². The third-order valence-corrected chi connectivity index (χ3v) is 2.87. The molecule has 0 amide bonds. The van der Waals surface area contributed by atoms with E-state index < -0.39 is 0 Å². The van der Waals surface area contributed by atoms with E-state index in [1.807, 2.05) is 6.92 Å². The zero-order chi connectivity index (χ0) is 10.5. The highest BCUT2D eigenvalue weighted by molar-refractivity contribution is 4.81. The average Bonchev–Trinajstić information content (AvgIpc) is 2.54. The van der Waals surface area contributed by atoms with Crippen LogP contribution >= 0.6 is 0 Å². The molecule has 0 N–H and O–H groups in total. The summed E-state index contributed by atoms with van der Waals surface area (Å²) in [5.41, 5.74) is 0. The van der Waals surface area contributed by atoms with Gasteiger partial charge in [0.2, 0.25) is 11.8 Å². The van der Waals surface area contributed by atoms with Crippen molar-refractivity contribution in [3.05, 3.63) is 11.8 Å². The Labute approximate surface area is 90.7 Å². The molecule has 1 aliphatic rings. The molecule has 0 spiro atoms. The van der Waals surface area contributed by atoms with Crippen molar-refractivity contribution in [3.63, 3.8) is 0 Å². The van der Waals surface area contributed by atoms with Crippen molar-refractivity contribution >= 4 is 0 Å². The largest absolute Gasteiger partial charge is 0.424 e. The Morgan fingerprint density at radius 2 is 1.73 bits per heavy atom. The summed E-state index contributed by atoms with van der Waals surface area (Å²) in [5, 5.41) is 8.03. The van der Waals surface area contributed by atoms with E-state index in [2.05, 4.69) is 15.1 Å². The lowest BCUT2D eigenvalue weighted by atomic mass is 10.2. The van der Waals surface area contributed by atoms with Gasteiger partial charge in [0.05, 0.1) is 6.54 Å². The van der Waals surface area contributed by atoms with Crippen LogP contribution in [0, 0.1) is 0 Å². The Kier molecular flexibility index (Phi) is 3.72. The van der Waals surface area contributed by atoms with Crippen LogP contribution in [0.4, 0.5) is 0 Å². The molecule has 0 unspecified atom stereocenters.